The lowest BCUT2D eigenvalue weighted by Crippen LogP contribution is -2.63. The van der Waals surface area contributed by atoms with Gasteiger partial charge in [0.25, 0.3) is 0 Å². The van der Waals surface area contributed by atoms with Crippen LogP contribution in [0.1, 0.15) is 73.3 Å². The van der Waals surface area contributed by atoms with Crippen LogP contribution in [-0.2, 0) is 28.5 Å². The normalized spacial score (nSPS) is 29.3. The van der Waals surface area contributed by atoms with Gasteiger partial charge in [0.2, 0.25) is 0 Å². The molecule has 3 fully saturated rings. The minimum atomic E-state index is -1.55. The number of aromatic nitrogens is 3. The fourth-order valence-corrected chi connectivity index (χ4v) is 6.88. The largest absolute Gasteiger partial charge is 0.444 e. The van der Waals surface area contributed by atoms with Crippen LogP contribution in [0.5, 0.6) is 0 Å². The van der Waals surface area contributed by atoms with Crippen molar-refractivity contribution >= 4 is 11.8 Å². The molecule has 2 aromatic rings. The van der Waals surface area contributed by atoms with Crippen LogP contribution in [0.15, 0.2) is 23.5 Å². The average Bonchev–Trinajstić information content (AvgIpc) is 3.70. The van der Waals surface area contributed by atoms with Crippen molar-refractivity contribution in [3.8, 4) is 11.3 Å². The Balaban J connectivity index is 1.17. The van der Waals surface area contributed by atoms with E-state index in [0.29, 0.717) is 32.5 Å². The summed E-state index contributed by atoms with van der Waals surface area (Å²) in [7, 11) is 0. The number of carbonyl (C=O) groups excluding carboxylic acids is 1. The van der Waals surface area contributed by atoms with Gasteiger partial charge in [-0.3, -0.25) is 0 Å². The molecule has 15 heteroatoms. The fraction of sp³-hybridized carbons (Fsp3) is 0.697. The summed E-state index contributed by atoms with van der Waals surface area (Å²) in [6.07, 6.45) is 1.46. The number of likely N-dealkylation sites (tertiary alicyclic amines) is 1. The van der Waals surface area contributed by atoms with Crippen LogP contribution in [0.25, 0.3) is 11.3 Å². The molecule has 0 aliphatic carbocycles. The third-order valence-electron chi connectivity index (χ3n) is 9.09. The quantitative estimate of drug-likeness (QED) is 0.354. The molecule has 12 nitrogen and oxygen atoms in total. The number of piperidine rings is 1. The highest BCUT2D eigenvalue weighted by Gasteiger charge is 2.53. The molecule has 5 heterocycles. The highest BCUT2D eigenvalue weighted by atomic mass is 19.2. The molecule has 6 rings (SSSR count). The number of nitrogens with zero attached hydrogens (tertiary/aromatic N) is 5. The number of hydrogen-bond acceptors (Lipinski definition) is 10. The summed E-state index contributed by atoms with van der Waals surface area (Å²) in [5.74, 6) is -4.92. The van der Waals surface area contributed by atoms with E-state index in [2.05, 4.69) is 15.5 Å². The van der Waals surface area contributed by atoms with Crippen LogP contribution in [0.2, 0.25) is 0 Å². The summed E-state index contributed by atoms with van der Waals surface area (Å²) >= 11 is 0. The van der Waals surface area contributed by atoms with E-state index in [1.54, 1.807) is 15.8 Å². The molecule has 0 unspecified atom stereocenters. The molecule has 0 bridgehead atoms. The van der Waals surface area contributed by atoms with Crippen molar-refractivity contribution in [1.82, 2.24) is 19.9 Å². The molecule has 48 heavy (non-hydrogen) atoms. The zero-order valence-electron chi connectivity index (χ0n) is 28.2. The lowest BCUT2D eigenvalue weighted by molar-refractivity contribution is -0.352. The molecule has 1 aromatic heterocycles. The number of amides is 1. The molecular weight excluding hydrogens is 635 g/mol. The van der Waals surface area contributed by atoms with E-state index in [4.69, 9.17) is 28.5 Å². The minimum absolute atomic E-state index is 0.0416. The molecule has 1 aromatic carbocycles. The van der Waals surface area contributed by atoms with E-state index in [1.807, 2.05) is 41.5 Å². The van der Waals surface area contributed by atoms with Crippen LogP contribution in [0.4, 0.5) is 18.0 Å². The first kappa shape index (κ1) is 34.6. The Labute approximate surface area is 277 Å². The maximum absolute atomic E-state index is 14.1. The van der Waals surface area contributed by atoms with Gasteiger partial charge in [-0.1, -0.05) is 10.4 Å². The molecular formula is C33H44F3N5O7. The maximum Gasteiger partial charge on any atom is 0.410 e. The Bertz CT molecular complexity index is 1480. The minimum Gasteiger partial charge on any atom is -0.444 e. The van der Waals surface area contributed by atoms with Gasteiger partial charge in [-0.25, -0.2) is 22.6 Å². The highest BCUT2D eigenvalue weighted by Crippen LogP contribution is 2.42. The number of ether oxygens (including phenoxy) is 5. The zero-order chi connectivity index (χ0) is 34.4. The van der Waals surface area contributed by atoms with Crippen LogP contribution in [0.3, 0.4) is 0 Å². The molecule has 0 saturated carbocycles. The number of hydrogen-bond donors (Lipinski definition) is 0. The summed E-state index contributed by atoms with van der Waals surface area (Å²) in [5, 5.41) is 13.0. The summed E-state index contributed by atoms with van der Waals surface area (Å²) < 4.78 is 74.1. The molecule has 0 N–H and O–H groups in total. The standard InChI is InChI=1S/C33H44F3N5O7/c1-7-43-29-25(15-20-14-23(38-48-20)18-8-10-40(11-9-18)31(42)47-32(2,3)4)45-26-17-44-33(5,6)46-30(26)28(29)41-16-24(37-39-41)19-12-21(34)27(36)22(35)13-19/h12-13,16,18,20,25-26,28-30H,7-11,14-15,17H2,1-6H3/t20-,25-,26-,28-,29+,30+/m1/s1. The van der Waals surface area contributed by atoms with Crippen LogP contribution in [-0.4, -0.2) is 99.9 Å². The first-order chi connectivity index (χ1) is 22.7. The van der Waals surface area contributed by atoms with Crippen molar-refractivity contribution in [2.24, 2.45) is 11.1 Å². The average molecular weight is 680 g/mol. The predicted molar refractivity (Wildman–Crippen MR) is 165 cm³/mol. The molecule has 1 amide bonds. The van der Waals surface area contributed by atoms with Gasteiger partial charge < -0.3 is 33.4 Å². The van der Waals surface area contributed by atoms with Crippen LogP contribution >= 0.6 is 0 Å². The van der Waals surface area contributed by atoms with Gasteiger partial charge in [-0.2, -0.15) is 0 Å². The molecule has 0 radical (unpaired) electrons. The van der Waals surface area contributed by atoms with E-state index >= 15 is 0 Å². The Hall–Kier alpha value is -3.27. The SMILES string of the molecule is CCO[C@@H]1[C@@H](n2cc(-c3cc(F)c(F)c(F)c3)nn2)[C@H]2OC(C)(C)OC[C@H]2O[C@@H]1C[C@H]1CC(C2CCN(C(=O)OC(C)(C)C)CC2)=NO1. The van der Waals surface area contributed by atoms with Crippen molar-refractivity contribution < 1.29 is 46.5 Å². The predicted octanol–water partition coefficient (Wildman–Crippen LogP) is 5.41. The molecule has 264 valence electrons. The van der Waals surface area contributed by atoms with Gasteiger partial charge in [0, 0.05) is 44.0 Å². The van der Waals surface area contributed by atoms with E-state index in [1.165, 1.54) is 0 Å². The van der Waals surface area contributed by atoms with Crippen molar-refractivity contribution in [2.75, 3.05) is 26.3 Å². The monoisotopic (exact) mass is 679 g/mol. The number of fused-ring (bicyclic) bond motifs is 1. The second-order valence-electron chi connectivity index (χ2n) is 14.2. The van der Waals surface area contributed by atoms with Crippen molar-refractivity contribution in [2.45, 2.75) is 115 Å². The van der Waals surface area contributed by atoms with Gasteiger partial charge in [0.15, 0.2) is 23.2 Å². The Morgan fingerprint density at radius 2 is 1.83 bits per heavy atom. The van der Waals surface area contributed by atoms with Gasteiger partial charge in [-0.05, 0) is 66.5 Å². The van der Waals surface area contributed by atoms with E-state index in [-0.39, 0.29) is 36.0 Å². The highest BCUT2D eigenvalue weighted by molar-refractivity contribution is 5.88. The third kappa shape index (κ3) is 7.48. The van der Waals surface area contributed by atoms with E-state index in [0.717, 1.165) is 30.7 Å². The first-order valence-corrected chi connectivity index (χ1v) is 16.6. The molecule has 4 aliphatic heterocycles. The third-order valence-corrected chi connectivity index (χ3v) is 9.09. The molecule has 3 saturated heterocycles. The zero-order valence-corrected chi connectivity index (χ0v) is 28.2. The summed E-state index contributed by atoms with van der Waals surface area (Å²) in [6.45, 7) is 12.8. The number of oxime groups is 1. The Kier molecular flexibility index (Phi) is 9.77. The van der Waals surface area contributed by atoms with Gasteiger partial charge in [0.05, 0.1) is 24.6 Å². The summed E-state index contributed by atoms with van der Waals surface area (Å²) in [4.78, 5) is 20.2. The Morgan fingerprint density at radius 3 is 2.50 bits per heavy atom. The van der Waals surface area contributed by atoms with Crippen molar-refractivity contribution in [1.29, 1.82) is 0 Å². The van der Waals surface area contributed by atoms with Gasteiger partial charge >= 0.3 is 6.09 Å². The van der Waals surface area contributed by atoms with Crippen LogP contribution in [0, 0.1) is 23.4 Å². The van der Waals surface area contributed by atoms with Crippen molar-refractivity contribution in [3.05, 3.63) is 35.8 Å². The Morgan fingerprint density at radius 1 is 1.12 bits per heavy atom. The van der Waals surface area contributed by atoms with E-state index in [9.17, 15) is 18.0 Å². The second-order valence-corrected chi connectivity index (χ2v) is 14.2. The summed E-state index contributed by atoms with van der Waals surface area (Å²) in [6, 6.07) is 1.20. The topological polar surface area (TPSA) is 119 Å². The van der Waals surface area contributed by atoms with Crippen molar-refractivity contribution in [3.63, 3.8) is 0 Å². The van der Waals surface area contributed by atoms with Crippen LogP contribution < -0.4 is 0 Å². The second kappa shape index (κ2) is 13.6. The maximum atomic E-state index is 14.1. The number of halogens is 3. The van der Waals surface area contributed by atoms with Gasteiger partial charge in [0.1, 0.15) is 41.8 Å². The molecule has 0 spiro atoms. The summed E-state index contributed by atoms with van der Waals surface area (Å²) in [5.41, 5.74) is 0.616. The molecule has 4 aliphatic rings. The number of rotatable bonds is 7. The smallest absolute Gasteiger partial charge is 0.410 e. The fourth-order valence-electron chi connectivity index (χ4n) is 6.88. The number of benzene rings is 1. The lowest BCUT2D eigenvalue weighted by Gasteiger charge is -2.51. The number of carbonyl (C=O) groups is 1. The first-order valence-electron chi connectivity index (χ1n) is 16.6. The lowest BCUT2D eigenvalue weighted by atomic mass is 9.86. The van der Waals surface area contributed by atoms with Gasteiger partial charge in [-0.15, -0.1) is 5.10 Å². The molecule has 6 atom stereocenters. The van der Waals surface area contributed by atoms with E-state index < -0.39 is 59.3 Å².